The molecule has 2 aliphatic carbocycles. The molecule has 0 aromatic heterocycles. The second-order valence-corrected chi connectivity index (χ2v) is 8.69. The Kier molecular flexibility index (Phi) is 3.05. The molecule has 0 saturated heterocycles. The summed E-state index contributed by atoms with van der Waals surface area (Å²) < 4.78 is 2.49. The molecule has 17 heavy (non-hydrogen) atoms. The summed E-state index contributed by atoms with van der Waals surface area (Å²) in [5, 5.41) is 0. The number of allylic oxidation sites excluding steroid dienone is 5. The van der Waals surface area contributed by atoms with E-state index in [-0.39, 0.29) is 0 Å². The zero-order chi connectivity index (χ0) is 11.8. The maximum atomic E-state index is 2.44. The molecule has 0 heterocycles. The minimum absolute atomic E-state index is 0.461. The summed E-state index contributed by atoms with van der Waals surface area (Å²) >= 11 is -0.461. The summed E-state index contributed by atoms with van der Waals surface area (Å²) in [6.07, 6.45) is 12.8. The molecule has 84 valence electrons. The average molecular weight is 300 g/mol. The first-order valence-electron chi connectivity index (χ1n) is 6.15. The van der Waals surface area contributed by atoms with Crippen LogP contribution in [0.3, 0.4) is 0 Å². The fraction of sp³-hybridized carbons (Fsp3) is 0.250. The summed E-state index contributed by atoms with van der Waals surface area (Å²) in [6.45, 7) is 4.44. The van der Waals surface area contributed by atoms with Crippen molar-refractivity contribution in [2.75, 3.05) is 0 Å². The van der Waals surface area contributed by atoms with Gasteiger partial charge in [-0.2, -0.15) is 0 Å². The number of aryl methyl sites for hydroxylation is 2. The van der Waals surface area contributed by atoms with Crippen molar-refractivity contribution in [3.8, 4) is 0 Å². The van der Waals surface area contributed by atoms with E-state index in [1.165, 1.54) is 23.1 Å². The molecule has 0 amide bonds. The van der Waals surface area contributed by atoms with Gasteiger partial charge in [0.05, 0.1) is 0 Å². The fourth-order valence-corrected chi connectivity index (χ4v) is 5.96. The topological polar surface area (TPSA) is 0 Å². The Morgan fingerprint density at radius 2 is 2.00 bits per heavy atom. The Bertz CT molecular complexity index is 547. The molecule has 0 fully saturated rings. The summed E-state index contributed by atoms with van der Waals surface area (Å²) in [5.74, 6) is 0. The average Bonchev–Trinajstić information content (AvgIpc) is 2.92. The third-order valence-electron chi connectivity index (χ3n) is 3.61. The first-order valence-corrected chi connectivity index (χ1v) is 8.80. The molecule has 1 aromatic carbocycles. The predicted molar refractivity (Wildman–Crippen MR) is 69.5 cm³/mol. The molecule has 1 aromatic rings. The number of rotatable bonds is 2. The number of hydrogen-bond donors (Lipinski definition) is 0. The molecule has 3 rings (SSSR count). The zero-order valence-corrected chi connectivity index (χ0v) is 12.8. The van der Waals surface area contributed by atoms with Crippen LogP contribution in [0.2, 0.25) is 0 Å². The molecule has 1 heteroatoms. The molecule has 2 aliphatic rings. The van der Waals surface area contributed by atoms with Crippen LogP contribution in [0.25, 0.3) is 6.08 Å². The van der Waals surface area contributed by atoms with Gasteiger partial charge in [-0.15, -0.1) is 0 Å². The predicted octanol–water partition coefficient (Wildman–Crippen LogP) is 4.30. The zero-order valence-electron chi connectivity index (χ0n) is 10.3. The van der Waals surface area contributed by atoms with E-state index in [0.29, 0.717) is 0 Å². The molecule has 0 spiro atoms. The Morgan fingerprint density at radius 3 is 2.76 bits per heavy atom. The quantitative estimate of drug-likeness (QED) is 0.764. The van der Waals surface area contributed by atoms with Gasteiger partial charge in [0.1, 0.15) is 0 Å². The van der Waals surface area contributed by atoms with Crippen molar-refractivity contribution in [3.05, 3.63) is 62.0 Å². The van der Waals surface area contributed by atoms with Gasteiger partial charge < -0.3 is 0 Å². The van der Waals surface area contributed by atoms with Gasteiger partial charge in [0.2, 0.25) is 0 Å². The van der Waals surface area contributed by atoms with Crippen molar-refractivity contribution in [3.63, 3.8) is 0 Å². The van der Waals surface area contributed by atoms with Crippen LogP contribution in [0.5, 0.6) is 0 Å². The van der Waals surface area contributed by atoms with Crippen LogP contribution in [-0.4, -0.2) is 0 Å². The van der Waals surface area contributed by atoms with Crippen LogP contribution in [0.4, 0.5) is 0 Å². The molecule has 0 bridgehead atoms. The Labute approximate surface area is 115 Å². The molecule has 0 radical (unpaired) electrons. The molecule has 0 nitrogen and oxygen atoms in total. The fourth-order valence-electron chi connectivity index (χ4n) is 2.46. The standard InChI is InChI=1S/C11H11.C5H5.Zr/c1-8-6-10-4-3-5-11(10)7-9(8)2;1-2-4-5-3-1;/h3-7H,1-2H3;1-3H,4H2;. The molecule has 1 unspecified atom stereocenters. The molecule has 0 aliphatic heterocycles. The van der Waals surface area contributed by atoms with E-state index in [9.17, 15) is 0 Å². The second kappa shape index (κ2) is 4.54. The minimum atomic E-state index is -0.461. The van der Waals surface area contributed by atoms with Crippen LogP contribution < -0.4 is 0 Å². The monoisotopic (exact) mass is 298 g/mol. The van der Waals surface area contributed by atoms with Crippen molar-refractivity contribution >= 4 is 6.08 Å². The molecular weight excluding hydrogens is 283 g/mol. The number of hydrogen-bond acceptors (Lipinski definition) is 0. The Hall–Kier alpha value is -0.677. The van der Waals surface area contributed by atoms with Crippen LogP contribution in [0.15, 0.2) is 39.7 Å². The van der Waals surface area contributed by atoms with E-state index < -0.39 is 23.2 Å². The first-order chi connectivity index (χ1) is 8.24. The number of benzene rings is 1. The van der Waals surface area contributed by atoms with Gasteiger partial charge in [0, 0.05) is 0 Å². The van der Waals surface area contributed by atoms with Gasteiger partial charge in [-0.25, -0.2) is 0 Å². The van der Waals surface area contributed by atoms with Gasteiger partial charge in [-0.3, -0.25) is 0 Å². The summed E-state index contributed by atoms with van der Waals surface area (Å²) in [4.78, 5) is 0. The summed E-state index contributed by atoms with van der Waals surface area (Å²) in [5.41, 5.74) is 5.91. The van der Waals surface area contributed by atoms with Crippen LogP contribution >= 0.6 is 0 Å². The normalized spacial score (nSPS) is 20.6. The SMILES string of the molecule is Cc1cc2c(cc1C)[CH]([Zr][C]1=CC=CC1)C=C2. The van der Waals surface area contributed by atoms with Crippen LogP contribution in [-0.2, 0) is 23.2 Å². The third-order valence-corrected chi connectivity index (χ3v) is 7.44. The molecular formula is C16H16Zr. The van der Waals surface area contributed by atoms with Crippen molar-refractivity contribution < 1.29 is 23.2 Å². The number of fused-ring (bicyclic) bond motifs is 1. The van der Waals surface area contributed by atoms with E-state index >= 15 is 0 Å². The van der Waals surface area contributed by atoms with E-state index in [0.717, 1.165) is 3.63 Å². The van der Waals surface area contributed by atoms with Crippen molar-refractivity contribution in [1.82, 2.24) is 0 Å². The van der Waals surface area contributed by atoms with E-state index in [2.05, 4.69) is 56.4 Å². The summed E-state index contributed by atoms with van der Waals surface area (Å²) in [7, 11) is 0. The van der Waals surface area contributed by atoms with Gasteiger partial charge in [-0.1, -0.05) is 0 Å². The Morgan fingerprint density at radius 1 is 1.18 bits per heavy atom. The van der Waals surface area contributed by atoms with Gasteiger partial charge in [0.15, 0.2) is 0 Å². The van der Waals surface area contributed by atoms with E-state index in [1.807, 2.05) is 0 Å². The first kappa shape index (κ1) is 11.4. The van der Waals surface area contributed by atoms with Gasteiger partial charge in [0.25, 0.3) is 0 Å². The molecule has 0 saturated carbocycles. The Balaban J connectivity index is 1.88. The molecule has 0 N–H and O–H groups in total. The van der Waals surface area contributed by atoms with Crippen LogP contribution in [0, 0.1) is 13.8 Å². The van der Waals surface area contributed by atoms with Crippen LogP contribution in [0.1, 0.15) is 32.3 Å². The van der Waals surface area contributed by atoms with Crippen molar-refractivity contribution in [2.24, 2.45) is 0 Å². The summed E-state index contributed by atoms with van der Waals surface area (Å²) in [6, 6.07) is 4.76. The van der Waals surface area contributed by atoms with Crippen molar-refractivity contribution in [2.45, 2.75) is 23.9 Å². The van der Waals surface area contributed by atoms with Crippen molar-refractivity contribution in [1.29, 1.82) is 0 Å². The molecule has 1 atom stereocenters. The van der Waals surface area contributed by atoms with Gasteiger partial charge in [-0.05, 0) is 0 Å². The maximum absolute atomic E-state index is 2.44. The van der Waals surface area contributed by atoms with E-state index in [4.69, 9.17) is 0 Å². The second-order valence-electron chi connectivity index (χ2n) is 4.87. The third kappa shape index (κ3) is 2.18. The van der Waals surface area contributed by atoms with Gasteiger partial charge >= 0.3 is 115 Å². The van der Waals surface area contributed by atoms with E-state index in [1.54, 1.807) is 8.84 Å².